The second-order valence-corrected chi connectivity index (χ2v) is 10.4. The predicted molar refractivity (Wildman–Crippen MR) is 143 cm³/mol. The summed E-state index contributed by atoms with van der Waals surface area (Å²) in [7, 11) is 1.39. The minimum Gasteiger partial charge on any atom is -0.326 e. The standard InChI is InChI=1S/C27H27Cl2F2N5O4/c1-15-21(10-33-36(15)20-5-3-17(4-6-20)26(38)34-40-2)27(39)35(13-16-7-18(30)9-19(31)8-16)14-24(37)25-22(28)11-32-12-23(25)29/h7-12,17,20H,3-6,13-14H2,1-2H3,(H,34,38)/t17-,20-. The Bertz CT molecular complexity index is 1390. The van der Waals surface area contributed by atoms with E-state index in [2.05, 4.69) is 15.6 Å². The van der Waals surface area contributed by atoms with Gasteiger partial charge >= 0.3 is 0 Å². The van der Waals surface area contributed by atoms with Gasteiger partial charge in [0.1, 0.15) is 11.6 Å². The molecule has 1 saturated carbocycles. The molecule has 1 fully saturated rings. The second-order valence-electron chi connectivity index (χ2n) is 9.60. The van der Waals surface area contributed by atoms with Crippen LogP contribution in [0.5, 0.6) is 0 Å². The minimum absolute atomic E-state index is 0.0109. The summed E-state index contributed by atoms with van der Waals surface area (Å²) in [5.74, 6) is -3.09. The molecule has 0 saturated heterocycles. The highest BCUT2D eigenvalue weighted by atomic mass is 35.5. The fourth-order valence-corrected chi connectivity index (χ4v) is 5.57. The van der Waals surface area contributed by atoms with Gasteiger partial charge in [0.05, 0.1) is 47.1 Å². The smallest absolute Gasteiger partial charge is 0.258 e. The molecule has 2 amide bonds. The quantitative estimate of drug-likeness (QED) is 0.273. The normalized spacial score (nSPS) is 16.9. The number of amides is 2. The molecule has 0 spiro atoms. The molecule has 0 bridgehead atoms. The van der Waals surface area contributed by atoms with Crippen LogP contribution in [0.4, 0.5) is 8.78 Å². The highest BCUT2D eigenvalue weighted by Crippen LogP contribution is 2.33. The summed E-state index contributed by atoms with van der Waals surface area (Å²) in [6.45, 7) is 1.01. The Morgan fingerprint density at radius 2 is 1.68 bits per heavy atom. The van der Waals surface area contributed by atoms with Crippen LogP contribution in [0.2, 0.25) is 10.0 Å². The van der Waals surface area contributed by atoms with Crippen LogP contribution in [0.1, 0.15) is 63.7 Å². The van der Waals surface area contributed by atoms with Crippen molar-refractivity contribution >= 4 is 40.8 Å². The van der Waals surface area contributed by atoms with Crippen molar-refractivity contribution in [3.63, 3.8) is 0 Å². The van der Waals surface area contributed by atoms with Crippen LogP contribution in [0, 0.1) is 24.5 Å². The van der Waals surface area contributed by atoms with E-state index in [4.69, 9.17) is 28.0 Å². The van der Waals surface area contributed by atoms with Crippen molar-refractivity contribution in [3.8, 4) is 0 Å². The van der Waals surface area contributed by atoms with Gasteiger partial charge < -0.3 is 4.90 Å². The summed E-state index contributed by atoms with van der Waals surface area (Å²) in [4.78, 5) is 48.8. The van der Waals surface area contributed by atoms with Gasteiger partial charge in [0.2, 0.25) is 5.91 Å². The van der Waals surface area contributed by atoms with E-state index in [1.165, 1.54) is 30.6 Å². The highest BCUT2D eigenvalue weighted by Gasteiger charge is 2.31. The van der Waals surface area contributed by atoms with Crippen LogP contribution in [0.15, 0.2) is 36.8 Å². The first-order valence-electron chi connectivity index (χ1n) is 12.5. The monoisotopic (exact) mass is 593 g/mol. The van der Waals surface area contributed by atoms with Crippen molar-refractivity contribution in [2.75, 3.05) is 13.7 Å². The van der Waals surface area contributed by atoms with Crippen molar-refractivity contribution in [2.24, 2.45) is 5.92 Å². The molecule has 0 atom stereocenters. The first-order valence-corrected chi connectivity index (χ1v) is 13.3. The molecule has 1 aromatic carbocycles. The molecule has 2 heterocycles. The lowest BCUT2D eigenvalue weighted by molar-refractivity contribution is -0.136. The lowest BCUT2D eigenvalue weighted by Crippen LogP contribution is -2.36. The third-order valence-electron chi connectivity index (χ3n) is 6.94. The van der Waals surface area contributed by atoms with Crippen molar-refractivity contribution in [3.05, 3.63) is 80.9 Å². The number of nitrogens with one attached hydrogen (secondary N) is 1. The maximum atomic E-state index is 13.9. The largest absolute Gasteiger partial charge is 0.326 e. The van der Waals surface area contributed by atoms with Crippen LogP contribution in [0.25, 0.3) is 0 Å². The molecule has 13 heteroatoms. The Morgan fingerprint density at radius 3 is 2.27 bits per heavy atom. The first kappa shape index (κ1) is 29.6. The van der Waals surface area contributed by atoms with Gasteiger partial charge in [-0.3, -0.25) is 28.9 Å². The lowest BCUT2D eigenvalue weighted by Gasteiger charge is -2.28. The summed E-state index contributed by atoms with van der Waals surface area (Å²) < 4.78 is 29.6. The molecule has 0 unspecified atom stereocenters. The molecule has 4 rings (SSSR count). The molecule has 1 aliphatic rings. The van der Waals surface area contributed by atoms with E-state index in [1.54, 1.807) is 11.6 Å². The molecule has 0 aliphatic heterocycles. The van der Waals surface area contributed by atoms with E-state index in [1.807, 2.05) is 0 Å². The SMILES string of the molecule is CONC(=O)[C@H]1CC[C@H](n2ncc(C(=O)N(CC(=O)c3c(Cl)cncc3Cl)Cc3cc(F)cc(F)c3)c2C)CC1. The number of ketones is 1. The van der Waals surface area contributed by atoms with Crippen molar-refractivity contribution in [1.29, 1.82) is 0 Å². The maximum absolute atomic E-state index is 13.9. The van der Waals surface area contributed by atoms with Crippen molar-refractivity contribution < 1.29 is 28.0 Å². The summed E-state index contributed by atoms with van der Waals surface area (Å²) in [6.07, 6.45) is 6.53. The van der Waals surface area contributed by atoms with E-state index in [-0.39, 0.29) is 51.1 Å². The van der Waals surface area contributed by atoms with Gasteiger partial charge in [-0.25, -0.2) is 14.3 Å². The average molecular weight is 594 g/mol. The number of benzene rings is 1. The molecule has 1 N–H and O–H groups in total. The van der Waals surface area contributed by atoms with Crippen LogP contribution >= 0.6 is 23.2 Å². The summed E-state index contributed by atoms with van der Waals surface area (Å²) >= 11 is 12.3. The number of hydrogen-bond acceptors (Lipinski definition) is 6. The molecule has 3 aromatic rings. The van der Waals surface area contributed by atoms with E-state index >= 15 is 0 Å². The molecule has 212 valence electrons. The zero-order valence-corrected chi connectivity index (χ0v) is 23.3. The third-order valence-corrected chi connectivity index (χ3v) is 7.51. The molecular formula is C27H27Cl2F2N5O4. The number of hydrogen-bond donors (Lipinski definition) is 1. The summed E-state index contributed by atoms with van der Waals surface area (Å²) in [5.41, 5.74) is 3.31. The van der Waals surface area contributed by atoms with E-state index in [9.17, 15) is 23.2 Å². The molecule has 9 nitrogen and oxygen atoms in total. The summed E-state index contributed by atoms with van der Waals surface area (Å²) in [5, 5.41) is 4.47. The van der Waals surface area contributed by atoms with Crippen LogP contribution in [-0.4, -0.2) is 50.9 Å². The number of carbonyl (C=O) groups is 3. The third kappa shape index (κ3) is 6.65. The highest BCUT2D eigenvalue weighted by molar-refractivity contribution is 6.39. The van der Waals surface area contributed by atoms with E-state index in [0.29, 0.717) is 31.4 Å². The molecule has 0 radical (unpaired) electrons. The zero-order chi connectivity index (χ0) is 29.0. The Labute approximate surface area is 239 Å². The van der Waals surface area contributed by atoms with Crippen LogP contribution in [0.3, 0.4) is 0 Å². The lowest BCUT2D eigenvalue weighted by atomic mass is 9.85. The molecule has 1 aliphatic carbocycles. The van der Waals surface area contributed by atoms with Gasteiger partial charge in [-0.15, -0.1) is 0 Å². The van der Waals surface area contributed by atoms with E-state index < -0.39 is 29.9 Å². The van der Waals surface area contributed by atoms with Gasteiger partial charge in [0.25, 0.3) is 5.91 Å². The fourth-order valence-electron chi connectivity index (χ4n) is 4.99. The topological polar surface area (TPSA) is 106 Å². The van der Waals surface area contributed by atoms with Crippen molar-refractivity contribution in [2.45, 2.75) is 45.2 Å². The minimum atomic E-state index is -0.812. The van der Waals surface area contributed by atoms with Gasteiger partial charge in [0.15, 0.2) is 5.78 Å². The number of nitrogens with zero attached hydrogens (tertiary/aromatic N) is 4. The molecular weight excluding hydrogens is 567 g/mol. The first-order chi connectivity index (χ1) is 19.1. The van der Waals surface area contributed by atoms with Crippen LogP contribution < -0.4 is 5.48 Å². The Balaban J connectivity index is 1.59. The number of Topliss-reactive ketones (excluding diaryl/α,β-unsaturated/α-hetero) is 1. The number of halogens is 4. The van der Waals surface area contributed by atoms with Gasteiger partial charge in [-0.1, -0.05) is 23.2 Å². The Morgan fingerprint density at radius 1 is 1.05 bits per heavy atom. The average Bonchev–Trinajstić information content (AvgIpc) is 3.28. The van der Waals surface area contributed by atoms with E-state index in [0.717, 1.165) is 18.2 Å². The van der Waals surface area contributed by atoms with Crippen molar-refractivity contribution in [1.82, 2.24) is 25.1 Å². The number of aromatic nitrogens is 3. The Hall–Kier alpha value is -3.41. The number of pyridine rings is 1. The fraction of sp³-hybridized carbons (Fsp3) is 0.370. The molecule has 40 heavy (non-hydrogen) atoms. The van der Waals surface area contributed by atoms with Gasteiger partial charge in [0, 0.05) is 36.6 Å². The van der Waals surface area contributed by atoms with Gasteiger partial charge in [-0.2, -0.15) is 5.10 Å². The number of rotatable bonds is 9. The summed E-state index contributed by atoms with van der Waals surface area (Å²) in [6, 6.07) is 2.87. The zero-order valence-electron chi connectivity index (χ0n) is 21.8. The maximum Gasteiger partial charge on any atom is 0.258 e. The van der Waals surface area contributed by atoms with Crippen LogP contribution in [-0.2, 0) is 16.2 Å². The number of hydroxylamine groups is 1. The Kier molecular flexibility index (Phi) is 9.49. The second kappa shape index (κ2) is 12.8. The predicted octanol–water partition coefficient (Wildman–Crippen LogP) is 5.11. The molecule has 2 aromatic heterocycles. The van der Waals surface area contributed by atoms with Gasteiger partial charge in [-0.05, 0) is 50.3 Å². The number of carbonyl (C=O) groups excluding carboxylic acids is 3.